The molecule has 5 aromatic rings. The van der Waals surface area contributed by atoms with Crippen molar-refractivity contribution in [1.29, 1.82) is 0 Å². The monoisotopic (exact) mass is 622 g/mol. The fourth-order valence-electron chi connectivity index (χ4n) is 7.06. The minimum absolute atomic E-state index is 0.319. The minimum atomic E-state index is -1.13. The number of esters is 1. The fraction of sp³-hybridized carbons (Fsp3) is 0.262. The highest BCUT2D eigenvalue weighted by molar-refractivity contribution is 5.97. The SMILES string of the molecule is CC(C)CN(CC(C)C)c1ccc2c(c1)Oc1ccc(N(Cc3ccccc3)Cc3ccccc3)cc1C21OC(=O)c2ccccc21. The zero-order valence-corrected chi connectivity index (χ0v) is 27.6. The van der Waals surface area contributed by atoms with Gasteiger partial charge in [-0.1, -0.05) is 107 Å². The van der Waals surface area contributed by atoms with Gasteiger partial charge in [0.2, 0.25) is 0 Å². The first kappa shape index (κ1) is 30.6. The second kappa shape index (κ2) is 12.6. The van der Waals surface area contributed by atoms with Gasteiger partial charge in [0.15, 0.2) is 5.60 Å². The quantitative estimate of drug-likeness (QED) is 0.145. The Balaban J connectivity index is 1.37. The summed E-state index contributed by atoms with van der Waals surface area (Å²) in [6, 6.07) is 41.5. The number of hydrogen-bond acceptors (Lipinski definition) is 5. The van der Waals surface area contributed by atoms with Gasteiger partial charge in [-0.15, -0.1) is 0 Å². The van der Waals surface area contributed by atoms with Crippen LogP contribution in [0.3, 0.4) is 0 Å². The van der Waals surface area contributed by atoms with Crippen molar-refractivity contribution in [3.05, 3.63) is 155 Å². The minimum Gasteiger partial charge on any atom is -0.456 e. The Labute approximate surface area is 278 Å². The maximum Gasteiger partial charge on any atom is 0.340 e. The van der Waals surface area contributed by atoms with Crippen molar-refractivity contribution in [2.75, 3.05) is 22.9 Å². The fourth-order valence-corrected chi connectivity index (χ4v) is 7.06. The maximum atomic E-state index is 13.6. The number of nitrogens with zero attached hydrogens (tertiary/aromatic N) is 2. The molecule has 0 aliphatic carbocycles. The summed E-state index contributed by atoms with van der Waals surface area (Å²) in [6.07, 6.45) is 0. The van der Waals surface area contributed by atoms with Crippen LogP contribution < -0.4 is 14.5 Å². The zero-order chi connectivity index (χ0) is 32.5. The first-order valence-corrected chi connectivity index (χ1v) is 16.7. The molecule has 2 aliphatic rings. The summed E-state index contributed by atoms with van der Waals surface area (Å²) in [5.41, 5.74) is 6.56. The van der Waals surface area contributed by atoms with Gasteiger partial charge < -0.3 is 19.3 Å². The molecule has 5 nitrogen and oxygen atoms in total. The van der Waals surface area contributed by atoms with Crippen LogP contribution in [-0.2, 0) is 23.4 Å². The molecule has 47 heavy (non-hydrogen) atoms. The first-order valence-electron chi connectivity index (χ1n) is 16.7. The molecular formula is C42H42N2O3. The molecule has 1 unspecified atom stereocenters. The predicted octanol–water partition coefficient (Wildman–Crippen LogP) is 9.58. The van der Waals surface area contributed by atoms with Crippen LogP contribution in [0.1, 0.15) is 65.9 Å². The Hall–Kier alpha value is -5.03. The number of carbonyl (C=O) groups excluding carboxylic acids is 1. The largest absolute Gasteiger partial charge is 0.456 e. The van der Waals surface area contributed by atoms with Crippen LogP contribution in [0.4, 0.5) is 11.4 Å². The number of fused-ring (bicyclic) bond motifs is 6. The second-order valence-corrected chi connectivity index (χ2v) is 13.6. The van der Waals surface area contributed by atoms with Crippen LogP contribution in [0, 0.1) is 11.8 Å². The van der Waals surface area contributed by atoms with E-state index in [1.165, 1.54) is 11.1 Å². The van der Waals surface area contributed by atoms with E-state index in [1.807, 2.05) is 42.5 Å². The Kier molecular flexibility index (Phi) is 8.23. The summed E-state index contributed by atoms with van der Waals surface area (Å²) >= 11 is 0. The van der Waals surface area contributed by atoms with Crippen LogP contribution in [0.25, 0.3) is 0 Å². The number of hydrogen-bond donors (Lipinski definition) is 0. The van der Waals surface area contributed by atoms with E-state index < -0.39 is 5.60 Å². The average molecular weight is 623 g/mol. The lowest BCUT2D eigenvalue weighted by atomic mass is 9.77. The van der Waals surface area contributed by atoms with E-state index in [2.05, 4.69) is 116 Å². The normalized spacial score (nSPS) is 16.0. The highest BCUT2D eigenvalue weighted by atomic mass is 16.6. The topological polar surface area (TPSA) is 42.0 Å². The van der Waals surface area contributed by atoms with Crippen LogP contribution in [0.2, 0.25) is 0 Å². The Morgan fingerprint density at radius 1 is 0.574 bits per heavy atom. The van der Waals surface area contributed by atoms with Crippen molar-refractivity contribution in [2.45, 2.75) is 46.4 Å². The van der Waals surface area contributed by atoms with Crippen LogP contribution in [0.5, 0.6) is 11.5 Å². The van der Waals surface area contributed by atoms with Crippen molar-refractivity contribution in [3.8, 4) is 11.5 Å². The van der Waals surface area contributed by atoms with Crippen molar-refractivity contribution in [1.82, 2.24) is 0 Å². The lowest BCUT2D eigenvalue weighted by molar-refractivity contribution is 0.0224. The van der Waals surface area contributed by atoms with Gasteiger partial charge >= 0.3 is 5.97 Å². The van der Waals surface area contributed by atoms with E-state index in [9.17, 15) is 4.79 Å². The second-order valence-electron chi connectivity index (χ2n) is 13.6. The third-order valence-electron chi connectivity index (χ3n) is 9.01. The molecule has 238 valence electrons. The van der Waals surface area contributed by atoms with Crippen molar-refractivity contribution in [3.63, 3.8) is 0 Å². The smallest absolute Gasteiger partial charge is 0.340 e. The summed E-state index contributed by atoms with van der Waals surface area (Å²) in [4.78, 5) is 18.4. The third kappa shape index (κ3) is 5.87. The molecule has 0 saturated heterocycles. The Morgan fingerprint density at radius 3 is 1.79 bits per heavy atom. The molecule has 1 spiro atoms. The third-order valence-corrected chi connectivity index (χ3v) is 9.01. The summed E-state index contributed by atoms with van der Waals surface area (Å²) in [5.74, 6) is 2.11. The molecule has 5 heteroatoms. The van der Waals surface area contributed by atoms with Crippen LogP contribution in [-0.4, -0.2) is 19.1 Å². The molecule has 0 saturated carbocycles. The highest BCUT2D eigenvalue weighted by Crippen LogP contribution is 2.57. The standard InChI is InChI=1S/C42H42N2O3/c1-29(2)25-43(26-30(3)4)34-19-21-37-40(24-34)46-39-22-20-33(23-38(39)42(37)36-18-12-11-17-35(36)41(45)47-42)44(27-31-13-7-5-8-14-31)28-32-15-9-6-10-16-32/h5-24,29-30H,25-28H2,1-4H3. The van der Waals surface area contributed by atoms with E-state index >= 15 is 0 Å². The van der Waals surface area contributed by atoms with Gasteiger partial charge in [0.05, 0.1) is 5.56 Å². The molecule has 0 aromatic heterocycles. The number of ether oxygens (including phenoxy) is 2. The van der Waals surface area contributed by atoms with Gasteiger partial charge in [0.25, 0.3) is 0 Å². The van der Waals surface area contributed by atoms with Gasteiger partial charge in [0, 0.05) is 60.3 Å². The molecule has 2 heterocycles. The molecule has 5 aromatic carbocycles. The highest BCUT2D eigenvalue weighted by Gasteiger charge is 2.53. The van der Waals surface area contributed by atoms with Crippen LogP contribution >= 0.6 is 0 Å². The van der Waals surface area contributed by atoms with E-state index in [0.717, 1.165) is 60.0 Å². The lowest BCUT2D eigenvalue weighted by Gasteiger charge is -2.38. The summed E-state index contributed by atoms with van der Waals surface area (Å²) < 4.78 is 13.3. The van der Waals surface area contributed by atoms with Crippen molar-refractivity contribution in [2.24, 2.45) is 11.8 Å². The summed E-state index contributed by atoms with van der Waals surface area (Å²) in [6.45, 7) is 12.3. The lowest BCUT2D eigenvalue weighted by Crippen LogP contribution is -2.34. The van der Waals surface area contributed by atoms with Crippen molar-refractivity contribution < 1.29 is 14.3 Å². The summed E-state index contributed by atoms with van der Waals surface area (Å²) in [5, 5.41) is 0. The Bertz CT molecular complexity index is 1830. The molecule has 1 atom stereocenters. The molecule has 0 bridgehead atoms. The molecule has 0 N–H and O–H groups in total. The molecule has 0 amide bonds. The van der Waals surface area contributed by atoms with Gasteiger partial charge in [-0.05, 0) is 59.4 Å². The number of rotatable bonds is 10. The van der Waals surface area contributed by atoms with Gasteiger partial charge in [-0.3, -0.25) is 0 Å². The van der Waals surface area contributed by atoms with E-state index in [-0.39, 0.29) is 5.97 Å². The maximum absolute atomic E-state index is 13.6. The number of benzene rings is 5. The first-order chi connectivity index (χ1) is 22.8. The molecule has 0 fully saturated rings. The number of anilines is 2. The average Bonchev–Trinajstić information content (AvgIpc) is 3.37. The van der Waals surface area contributed by atoms with Gasteiger partial charge in [-0.25, -0.2) is 4.79 Å². The van der Waals surface area contributed by atoms with Crippen LogP contribution in [0.15, 0.2) is 121 Å². The zero-order valence-electron chi connectivity index (χ0n) is 27.6. The predicted molar refractivity (Wildman–Crippen MR) is 189 cm³/mol. The van der Waals surface area contributed by atoms with Gasteiger partial charge in [0.1, 0.15) is 11.5 Å². The molecule has 0 radical (unpaired) electrons. The molecular weight excluding hydrogens is 580 g/mol. The Morgan fingerprint density at radius 2 is 1.15 bits per heavy atom. The molecule has 2 aliphatic heterocycles. The van der Waals surface area contributed by atoms with E-state index in [4.69, 9.17) is 9.47 Å². The van der Waals surface area contributed by atoms with Crippen molar-refractivity contribution >= 4 is 17.3 Å². The van der Waals surface area contributed by atoms with E-state index in [0.29, 0.717) is 23.1 Å². The number of carbonyl (C=O) groups is 1. The van der Waals surface area contributed by atoms with E-state index in [1.54, 1.807) is 0 Å². The molecule has 7 rings (SSSR count). The van der Waals surface area contributed by atoms with Gasteiger partial charge in [-0.2, -0.15) is 0 Å². The summed E-state index contributed by atoms with van der Waals surface area (Å²) in [7, 11) is 0.